The highest BCUT2D eigenvalue weighted by atomic mass is 32.2. The smallest absolute Gasteiger partial charge is 0.311 e. The zero-order valence-corrected chi connectivity index (χ0v) is 15.1. The van der Waals surface area contributed by atoms with Crippen molar-refractivity contribution in [2.45, 2.75) is 17.1 Å². The summed E-state index contributed by atoms with van der Waals surface area (Å²) in [6, 6.07) is 8.14. The molecule has 0 aliphatic carbocycles. The number of hydrogen-bond acceptors (Lipinski definition) is 7. The molecule has 1 aliphatic heterocycles. The van der Waals surface area contributed by atoms with Crippen molar-refractivity contribution in [1.82, 2.24) is 4.31 Å². The third-order valence-corrected chi connectivity index (χ3v) is 6.82. The van der Waals surface area contributed by atoms with E-state index in [1.807, 2.05) is 0 Å². The fraction of sp³-hybridized carbons (Fsp3) is 0.312. The topological polar surface area (TPSA) is 82.1 Å². The Kier molecular flexibility index (Phi) is 5.26. The van der Waals surface area contributed by atoms with E-state index in [9.17, 15) is 13.2 Å². The summed E-state index contributed by atoms with van der Waals surface area (Å²) in [5.41, 5.74) is 0. The molecular weight excluding hydrogens is 366 g/mol. The monoisotopic (exact) mass is 383 g/mol. The predicted octanol–water partition coefficient (Wildman–Crippen LogP) is 2.48. The Morgan fingerprint density at radius 1 is 1.28 bits per heavy atom. The lowest BCUT2D eigenvalue weighted by Crippen LogP contribution is -2.28. The average Bonchev–Trinajstić information content (AvgIpc) is 3.26. The molecule has 2 aromatic rings. The lowest BCUT2D eigenvalue weighted by Gasteiger charge is -2.15. The largest absolute Gasteiger partial charge is 0.454 e. The van der Waals surface area contributed by atoms with Crippen LogP contribution in [-0.2, 0) is 14.8 Å². The number of carbonyl (C=O) groups is 1. The Hall–Kier alpha value is -2.10. The minimum absolute atomic E-state index is 0.110. The first-order valence-corrected chi connectivity index (χ1v) is 9.89. The van der Waals surface area contributed by atoms with Gasteiger partial charge in [-0.1, -0.05) is 6.07 Å². The van der Waals surface area contributed by atoms with E-state index in [1.54, 1.807) is 35.7 Å². The molecule has 0 atom stereocenters. The normalized spacial score (nSPS) is 13.2. The minimum atomic E-state index is -3.49. The van der Waals surface area contributed by atoms with Gasteiger partial charge in [0.15, 0.2) is 11.5 Å². The van der Waals surface area contributed by atoms with E-state index in [1.165, 1.54) is 22.7 Å². The Morgan fingerprint density at radius 3 is 2.84 bits per heavy atom. The summed E-state index contributed by atoms with van der Waals surface area (Å²) < 4.78 is 41.7. The van der Waals surface area contributed by atoms with Crippen molar-refractivity contribution in [3.05, 3.63) is 35.7 Å². The highest BCUT2D eigenvalue weighted by Gasteiger charge is 2.21. The number of ether oxygens (including phenoxy) is 3. The molecule has 134 valence electrons. The number of hydrogen-bond donors (Lipinski definition) is 0. The number of esters is 1. The molecule has 0 saturated heterocycles. The van der Waals surface area contributed by atoms with Gasteiger partial charge in [0, 0.05) is 26.1 Å². The van der Waals surface area contributed by atoms with Crippen LogP contribution in [0.15, 0.2) is 39.9 Å². The van der Waals surface area contributed by atoms with Gasteiger partial charge >= 0.3 is 5.97 Å². The molecule has 9 heteroatoms. The summed E-state index contributed by atoms with van der Waals surface area (Å²) in [7, 11) is -1.99. The molecule has 0 radical (unpaired) electrons. The molecule has 0 unspecified atom stereocenters. The standard InChI is InChI=1S/C16H17NO6S2/c1-17(25(19,20)16-5-3-9-24-16)8-2-4-15(18)23-12-6-7-13-14(10-12)22-11-21-13/h3,5-7,9-10H,2,4,8,11H2,1H3. The second kappa shape index (κ2) is 7.42. The van der Waals surface area contributed by atoms with Gasteiger partial charge in [0.05, 0.1) is 0 Å². The van der Waals surface area contributed by atoms with Crippen LogP contribution in [0.25, 0.3) is 0 Å². The Labute approximate surface area is 149 Å². The van der Waals surface area contributed by atoms with Crippen molar-refractivity contribution in [3.63, 3.8) is 0 Å². The Balaban J connectivity index is 1.48. The van der Waals surface area contributed by atoms with E-state index in [2.05, 4.69) is 0 Å². The number of sulfonamides is 1. The summed E-state index contributed by atoms with van der Waals surface area (Å²) >= 11 is 1.17. The summed E-state index contributed by atoms with van der Waals surface area (Å²) in [5, 5.41) is 1.71. The predicted molar refractivity (Wildman–Crippen MR) is 91.6 cm³/mol. The van der Waals surface area contributed by atoms with Crippen molar-refractivity contribution in [2.24, 2.45) is 0 Å². The average molecular weight is 383 g/mol. The van der Waals surface area contributed by atoms with Crippen molar-refractivity contribution < 1.29 is 27.4 Å². The maximum Gasteiger partial charge on any atom is 0.311 e. The first-order chi connectivity index (χ1) is 12.0. The summed E-state index contributed by atoms with van der Waals surface area (Å²) in [4.78, 5) is 11.9. The van der Waals surface area contributed by atoms with Gasteiger partial charge in [-0.3, -0.25) is 4.79 Å². The fourth-order valence-corrected chi connectivity index (χ4v) is 4.66. The molecule has 1 aromatic heterocycles. The Bertz CT molecular complexity index is 848. The molecule has 7 nitrogen and oxygen atoms in total. The summed E-state index contributed by atoms with van der Waals surface area (Å²) in [6.07, 6.45) is 0.475. The van der Waals surface area contributed by atoms with Gasteiger partial charge in [0.1, 0.15) is 9.96 Å². The molecule has 2 heterocycles. The molecule has 1 aliphatic rings. The van der Waals surface area contributed by atoms with E-state index in [0.29, 0.717) is 23.7 Å². The highest BCUT2D eigenvalue weighted by molar-refractivity contribution is 7.91. The summed E-state index contributed by atoms with van der Waals surface area (Å²) in [5.74, 6) is 1.09. The van der Waals surface area contributed by atoms with E-state index < -0.39 is 16.0 Å². The van der Waals surface area contributed by atoms with E-state index in [-0.39, 0.29) is 24.0 Å². The van der Waals surface area contributed by atoms with Crippen molar-refractivity contribution >= 4 is 27.3 Å². The van der Waals surface area contributed by atoms with Gasteiger partial charge in [-0.05, 0) is 30.0 Å². The van der Waals surface area contributed by atoms with Gasteiger partial charge in [-0.15, -0.1) is 11.3 Å². The van der Waals surface area contributed by atoms with Crippen LogP contribution in [0, 0.1) is 0 Å². The van der Waals surface area contributed by atoms with Crippen LogP contribution in [0.1, 0.15) is 12.8 Å². The van der Waals surface area contributed by atoms with Crippen molar-refractivity contribution in [1.29, 1.82) is 0 Å². The van der Waals surface area contributed by atoms with Gasteiger partial charge < -0.3 is 14.2 Å². The third kappa shape index (κ3) is 4.12. The van der Waals surface area contributed by atoms with Crippen LogP contribution in [0.5, 0.6) is 17.2 Å². The van der Waals surface area contributed by atoms with E-state index in [0.717, 1.165) is 0 Å². The molecule has 25 heavy (non-hydrogen) atoms. The molecule has 3 rings (SSSR count). The second-order valence-electron chi connectivity index (χ2n) is 5.35. The SMILES string of the molecule is CN(CCCC(=O)Oc1ccc2c(c1)OCO2)S(=O)(=O)c1cccs1. The van der Waals surface area contributed by atoms with Crippen LogP contribution in [-0.4, -0.2) is 39.1 Å². The molecule has 0 amide bonds. The minimum Gasteiger partial charge on any atom is -0.454 e. The number of carbonyl (C=O) groups excluding carboxylic acids is 1. The quantitative estimate of drug-likeness (QED) is 0.540. The molecule has 0 saturated carbocycles. The van der Waals surface area contributed by atoms with Gasteiger partial charge in [0.25, 0.3) is 10.0 Å². The maximum atomic E-state index is 12.3. The second-order valence-corrected chi connectivity index (χ2v) is 8.57. The molecule has 0 fully saturated rings. The fourth-order valence-electron chi connectivity index (χ4n) is 2.25. The van der Waals surface area contributed by atoms with Crippen LogP contribution in [0.3, 0.4) is 0 Å². The molecule has 1 aromatic carbocycles. The number of nitrogens with zero attached hydrogens (tertiary/aromatic N) is 1. The third-order valence-electron chi connectivity index (χ3n) is 3.59. The van der Waals surface area contributed by atoms with Crippen LogP contribution in [0.2, 0.25) is 0 Å². The maximum absolute atomic E-state index is 12.3. The van der Waals surface area contributed by atoms with E-state index in [4.69, 9.17) is 14.2 Å². The van der Waals surface area contributed by atoms with E-state index >= 15 is 0 Å². The first kappa shape index (κ1) is 17.7. The first-order valence-electron chi connectivity index (χ1n) is 7.57. The number of thiophene rings is 1. The lowest BCUT2D eigenvalue weighted by atomic mass is 10.3. The molecular formula is C16H17NO6S2. The zero-order valence-electron chi connectivity index (χ0n) is 13.5. The van der Waals surface area contributed by atoms with Crippen molar-refractivity contribution in [2.75, 3.05) is 20.4 Å². The van der Waals surface area contributed by atoms with Gasteiger partial charge in [-0.2, -0.15) is 0 Å². The number of fused-ring (bicyclic) bond motifs is 1. The lowest BCUT2D eigenvalue weighted by molar-refractivity contribution is -0.134. The van der Waals surface area contributed by atoms with Crippen LogP contribution in [0.4, 0.5) is 0 Å². The van der Waals surface area contributed by atoms with Gasteiger partial charge in [-0.25, -0.2) is 12.7 Å². The summed E-state index contributed by atoms with van der Waals surface area (Å²) in [6.45, 7) is 0.383. The number of rotatable bonds is 7. The zero-order chi connectivity index (χ0) is 17.9. The van der Waals surface area contributed by atoms with Crippen LogP contribution < -0.4 is 14.2 Å². The van der Waals surface area contributed by atoms with Gasteiger partial charge in [0.2, 0.25) is 6.79 Å². The molecule has 0 N–H and O–H groups in total. The molecule has 0 spiro atoms. The Morgan fingerprint density at radius 2 is 2.08 bits per heavy atom. The number of benzene rings is 1. The highest BCUT2D eigenvalue weighted by Crippen LogP contribution is 2.35. The van der Waals surface area contributed by atoms with Crippen LogP contribution >= 0.6 is 11.3 Å². The van der Waals surface area contributed by atoms with Crippen molar-refractivity contribution in [3.8, 4) is 17.2 Å². The molecule has 0 bridgehead atoms.